The summed E-state index contributed by atoms with van der Waals surface area (Å²) in [5, 5.41) is 2.54. The van der Waals surface area contributed by atoms with Gasteiger partial charge in [0.1, 0.15) is 0 Å². The van der Waals surface area contributed by atoms with Gasteiger partial charge in [-0.3, -0.25) is 0 Å². The number of aromatic nitrogens is 1. The highest BCUT2D eigenvalue weighted by atomic mass is 15.1. The minimum absolute atomic E-state index is 0.594. The zero-order chi connectivity index (χ0) is 39.5. The van der Waals surface area contributed by atoms with Crippen LogP contribution in [0.5, 0.6) is 0 Å². The maximum absolute atomic E-state index is 2.48. The number of hydrogen-bond donors (Lipinski definition) is 0. The van der Waals surface area contributed by atoms with Crippen molar-refractivity contribution in [1.29, 1.82) is 0 Å². The third kappa shape index (κ3) is 5.56. The molecule has 0 bridgehead atoms. The first-order valence-electron chi connectivity index (χ1n) is 20.5. The molecule has 2 heteroatoms. The first-order chi connectivity index (χ1) is 29.1. The molecule has 0 saturated heterocycles. The second-order valence-corrected chi connectivity index (χ2v) is 15.9. The Bertz CT molecular complexity index is 3050. The molecule has 0 amide bonds. The van der Waals surface area contributed by atoms with Gasteiger partial charge in [0.15, 0.2) is 0 Å². The normalized spacial score (nSPS) is 12.7. The van der Waals surface area contributed by atoms with Crippen molar-refractivity contribution in [2.45, 2.75) is 19.3 Å². The van der Waals surface area contributed by atoms with Gasteiger partial charge in [-0.2, -0.15) is 0 Å². The molecule has 1 aromatic heterocycles. The van der Waals surface area contributed by atoms with Crippen molar-refractivity contribution in [2.24, 2.45) is 0 Å². The molecule has 0 atom stereocenters. The van der Waals surface area contributed by atoms with Gasteiger partial charge in [0.05, 0.1) is 16.4 Å². The standard InChI is InChI=1S/C57H42N2/c1-39-23-31-51-52-32-24-40(2)36-56(52)59(55(51)35-39)48-30-34-50-49-33-29-47(37-53(49)57(54(50)38-48,43-17-9-4-10-18-43)44-19-11-5-12-20-44)58(45-21-13-6-14-22-45)46-27-25-42(26-28-46)41-15-7-3-8-16-41/h3-38H,1-2H3. The minimum atomic E-state index is -0.594. The fourth-order valence-electron chi connectivity index (χ4n) is 9.72. The van der Waals surface area contributed by atoms with Crippen LogP contribution in [0.1, 0.15) is 33.4 Å². The smallest absolute Gasteiger partial charge is 0.0715 e. The molecule has 59 heavy (non-hydrogen) atoms. The molecule has 11 rings (SSSR count). The third-order valence-electron chi connectivity index (χ3n) is 12.4. The topological polar surface area (TPSA) is 8.17 Å². The predicted octanol–water partition coefficient (Wildman–Crippen LogP) is 14.9. The minimum Gasteiger partial charge on any atom is -0.310 e. The number of aryl methyl sites for hydroxylation is 2. The molecule has 0 saturated carbocycles. The summed E-state index contributed by atoms with van der Waals surface area (Å²) >= 11 is 0. The van der Waals surface area contributed by atoms with E-state index in [1.54, 1.807) is 0 Å². The van der Waals surface area contributed by atoms with E-state index in [4.69, 9.17) is 0 Å². The van der Waals surface area contributed by atoms with E-state index in [0.717, 1.165) is 22.7 Å². The molecule has 9 aromatic carbocycles. The van der Waals surface area contributed by atoms with Crippen LogP contribution in [0.4, 0.5) is 17.1 Å². The van der Waals surface area contributed by atoms with Crippen LogP contribution in [-0.4, -0.2) is 4.57 Å². The molecule has 280 valence electrons. The molecule has 1 heterocycles. The number of benzene rings is 9. The Hall–Kier alpha value is -7.42. The van der Waals surface area contributed by atoms with Crippen molar-refractivity contribution in [3.05, 3.63) is 252 Å². The molecule has 0 N–H and O–H groups in total. The highest BCUT2D eigenvalue weighted by Crippen LogP contribution is 2.58. The van der Waals surface area contributed by atoms with Crippen molar-refractivity contribution >= 4 is 38.9 Å². The Morgan fingerprint density at radius 1 is 0.373 bits per heavy atom. The monoisotopic (exact) mass is 754 g/mol. The van der Waals surface area contributed by atoms with Crippen molar-refractivity contribution in [3.63, 3.8) is 0 Å². The first kappa shape index (κ1) is 34.8. The van der Waals surface area contributed by atoms with E-state index in [0.29, 0.717) is 0 Å². The van der Waals surface area contributed by atoms with E-state index in [2.05, 4.69) is 242 Å². The van der Waals surface area contributed by atoms with Crippen LogP contribution in [0.15, 0.2) is 218 Å². The van der Waals surface area contributed by atoms with Gasteiger partial charge in [0.2, 0.25) is 0 Å². The van der Waals surface area contributed by atoms with Gasteiger partial charge in [-0.15, -0.1) is 0 Å². The Balaban J connectivity index is 1.17. The number of rotatable bonds is 7. The summed E-state index contributed by atoms with van der Waals surface area (Å²) in [5.41, 5.74) is 18.8. The molecule has 2 nitrogen and oxygen atoms in total. The Morgan fingerprint density at radius 3 is 1.41 bits per heavy atom. The van der Waals surface area contributed by atoms with Crippen molar-refractivity contribution in [3.8, 4) is 27.9 Å². The number of para-hydroxylation sites is 1. The Morgan fingerprint density at radius 2 is 0.831 bits per heavy atom. The van der Waals surface area contributed by atoms with E-state index in [1.165, 1.54) is 77.4 Å². The fraction of sp³-hybridized carbons (Fsp3) is 0.0526. The van der Waals surface area contributed by atoms with Crippen LogP contribution < -0.4 is 4.90 Å². The van der Waals surface area contributed by atoms with Crippen molar-refractivity contribution in [1.82, 2.24) is 4.57 Å². The lowest BCUT2D eigenvalue weighted by Crippen LogP contribution is -2.29. The van der Waals surface area contributed by atoms with Crippen LogP contribution in [0.2, 0.25) is 0 Å². The first-order valence-corrected chi connectivity index (χ1v) is 20.5. The summed E-state index contributed by atoms with van der Waals surface area (Å²) in [6.07, 6.45) is 0. The number of hydrogen-bond acceptors (Lipinski definition) is 1. The van der Waals surface area contributed by atoms with E-state index in [1.807, 2.05) is 0 Å². The second kappa shape index (κ2) is 13.9. The van der Waals surface area contributed by atoms with Gasteiger partial charge in [-0.05, 0) is 130 Å². The Labute approximate surface area is 345 Å². The van der Waals surface area contributed by atoms with Gasteiger partial charge in [-0.25, -0.2) is 0 Å². The summed E-state index contributed by atoms with van der Waals surface area (Å²) in [6, 6.07) is 80.6. The predicted molar refractivity (Wildman–Crippen MR) is 248 cm³/mol. The molecule has 0 fully saturated rings. The van der Waals surface area contributed by atoms with Crippen LogP contribution in [0.3, 0.4) is 0 Å². The molecule has 1 aliphatic rings. The number of fused-ring (bicyclic) bond motifs is 6. The number of nitrogens with zero attached hydrogens (tertiary/aromatic N) is 2. The molecule has 1 aliphatic carbocycles. The zero-order valence-electron chi connectivity index (χ0n) is 33.2. The zero-order valence-corrected chi connectivity index (χ0v) is 33.2. The lowest BCUT2D eigenvalue weighted by atomic mass is 9.67. The van der Waals surface area contributed by atoms with E-state index >= 15 is 0 Å². The molecular weight excluding hydrogens is 713 g/mol. The molecule has 0 aliphatic heterocycles. The van der Waals surface area contributed by atoms with Crippen LogP contribution >= 0.6 is 0 Å². The maximum atomic E-state index is 2.48. The van der Waals surface area contributed by atoms with Gasteiger partial charge in [-0.1, -0.05) is 158 Å². The van der Waals surface area contributed by atoms with Gasteiger partial charge in [0, 0.05) is 33.5 Å². The summed E-state index contributed by atoms with van der Waals surface area (Å²) in [4.78, 5) is 2.40. The molecule has 0 spiro atoms. The fourth-order valence-corrected chi connectivity index (χ4v) is 9.72. The van der Waals surface area contributed by atoms with Gasteiger partial charge in [0.25, 0.3) is 0 Å². The highest BCUT2D eigenvalue weighted by molar-refractivity contribution is 6.09. The van der Waals surface area contributed by atoms with E-state index in [9.17, 15) is 0 Å². The third-order valence-corrected chi connectivity index (χ3v) is 12.4. The van der Waals surface area contributed by atoms with Crippen LogP contribution in [0, 0.1) is 13.8 Å². The lowest BCUT2D eigenvalue weighted by Gasteiger charge is -2.35. The average Bonchev–Trinajstić information content (AvgIpc) is 3.76. The van der Waals surface area contributed by atoms with Gasteiger partial charge < -0.3 is 9.47 Å². The van der Waals surface area contributed by atoms with Crippen LogP contribution in [-0.2, 0) is 5.41 Å². The maximum Gasteiger partial charge on any atom is 0.0715 e. The quantitative estimate of drug-likeness (QED) is 0.157. The van der Waals surface area contributed by atoms with Crippen molar-refractivity contribution in [2.75, 3.05) is 4.90 Å². The largest absolute Gasteiger partial charge is 0.310 e. The molecule has 10 aromatic rings. The molecule has 0 radical (unpaired) electrons. The van der Waals surface area contributed by atoms with Crippen LogP contribution in [0.25, 0.3) is 49.7 Å². The Kier molecular flexibility index (Phi) is 8.20. The summed E-state index contributed by atoms with van der Waals surface area (Å²) in [6.45, 7) is 4.38. The molecule has 0 unspecified atom stereocenters. The van der Waals surface area contributed by atoms with Crippen molar-refractivity contribution < 1.29 is 0 Å². The summed E-state index contributed by atoms with van der Waals surface area (Å²) in [7, 11) is 0. The highest BCUT2D eigenvalue weighted by Gasteiger charge is 2.46. The van der Waals surface area contributed by atoms with Gasteiger partial charge >= 0.3 is 0 Å². The lowest BCUT2D eigenvalue weighted by molar-refractivity contribution is 0.767. The molecular formula is C57H42N2. The van der Waals surface area contributed by atoms with E-state index < -0.39 is 5.41 Å². The van der Waals surface area contributed by atoms with E-state index in [-0.39, 0.29) is 0 Å². The second-order valence-electron chi connectivity index (χ2n) is 15.9. The summed E-state index contributed by atoms with van der Waals surface area (Å²) < 4.78 is 2.48. The summed E-state index contributed by atoms with van der Waals surface area (Å²) in [5.74, 6) is 0. The SMILES string of the molecule is Cc1ccc2c3ccc(C)cc3n(-c3ccc4c(c3)C(c3ccccc3)(c3ccccc3)c3cc(N(c5ccccc5)c5ccc(-c6ccccc6)cc5)ccc3-4)c2c1. The number of anilines is 3. The average molecular weight is 755 g/mol.